The van der Waals surface area contributed by atoms with Crippen molar-refractivity contribution >= 4 is 51.8 Å². The van der Waals surface area contributed by atoms with Gasteiger partial charge in [0.15, 0.2) is 5.12 Å². The number of amides is 1. The minimum Gasteiger partial charge on any atom is -0.480 e. The Kier molecular flexibility index (Phi) is 10.3. The summed E-state index contributed by atoms with van der Waals surface area (Å²) in [5, 5.41) is 10.5. The zero-order chi connectivity index (χ0) is 20.5. The normalized spacial score (nSPS) is 12.2. The van der Waals surface area contributed by atoms with Crippen LogP contribution in [0.3, 0.4) is 0 Å². The summed E-state index contributed by atoms with van der Waals surface area (Å²) in [6.07, 6.45) is 0. The predicted molar refractivity (Wildman–Crippen MR) is 96.7 cm³/mol. The van der Waals surface area contributed by atoms with E-state index in [-0.39, 0.29) is 16.8 Å². The number of rotatable bonds is 9. The average molecular weight is 409 g/mol. The molecule has 0 heterocycles. The van der Waals surface area contributed by atoms with E-state index < -0.39 is 40.7 Å². The van der Waals surface area contributed by atoms with Crippen molar-refractivity contribution in [2.75, 3.05) is 12.5 Å². The first-order chi connectivity index (χ1) is 11.9. The molecule has 0 aromatic rings. The van der Waals surface area contributed by atoms with Crippen molar-refractivity contribution in [1.29, 1.82) is 0 Å². The first-order valence-electron chi connectivity index (χ1n) is 7.56. The highest BCUT2D eigenvalue weighted by Crippen LogP contribution is 2.27. The van der Waals surface area contributed by atoms with E-state index in [0.29, 0.717) is 11.8 Å². The molecule has 0 aromatic heterocycles. The molecule has 0 aliphatic heterocycles. The third-order valence-corrected chi connectivity index (χ3v) is 5.03. The molecule has 148 valence electrons. The summed E-state index contributed by atoms with van der Waals surface area (Å²) in [5.74, 6) is -3.02. The molecule has 0 aliphatic carbocycles. The number of hydrogen-bond acceptors (Lipinski definition) is 9. The van der Waals surface area contributed by atoms with E-state index in [1.165, 1.54) is 13.8 Å². The van der Waals surface area contributed by atoms with Gasteiger partial charge in [0.2, 0.25) is 12.7 Å². The van der Waals surface area contributed by atoms with Gasteiger partial charge in [-0.25, -0.2) is 9.59 Å². The molecule has 0 bridgehead atoms. The fourth-order valence-electron chi connectivity index (χ4n) is 1.28. The summed E-state index contributed by atoms with van der Waals surface area (Å²) < 4.78 is 7.74. The fourth-order valence-corrected chi connectivity index (χ4v) is 2.85. The van der Waals surface area contributed by atoms with Crippen LogP contribution in [0.1, 0.15) is 34.6 Å². The number of carbonyl (C=O) groups excluding carboxylic acids is 4. The van der Waals surface area contributed by atoms with Crippen LogP contribution in [0.15, 0.2) is 0 Å². The number of thioether (sulfide) groups is 2. The second-order valence-electron chi connectivity index (χ2n) is 5.91. The second-order valence-corrected chi connectivity index (χ2v) is 8.49. The molecule has 0 aliphatic rings. The Balaban J connectivity index is 4.69. The molecule has 1 atom stereocenters. The van der Waals surface area contributed by atoms with Gasteiger partial charge in [0.1, 0.15) is 6.04 Å². The van der Waals surface area contributed by atoms with Crippen molar-refractivity contribution in [1.82, 2.24) is 5.32 Å². The minimum atomic E-state index is -1.34. The van der Waals surface area contributed by atoms with Crippen LogP contribution in [0, 0.1) is 5.92 Å². The maximum Gasteiger partial charge on any atom is 0.371 e. The standard InChI is InChI=1S/C15H23NO8S2/c1-8(2)12(20)25-6-10(11(18)19)16-13(21)15(4,5)26-14(22)24-7-23-9(3)17/h8,10H,6-7H2,1-5H3,(H,16,21)(H,18,19)/t10-/m0/s1. The number of carboxylic acid groups (broad SMARTS) is 1. The molecule has 0 fully saturated rings. The third-order valence-electron chi connectivity index (χ3n) is 2.79. The van der Waals surface area contributed by atoms with Gasteiger partial charge in [-0.1, -0.05) is 25.6 Å². The Labute approximate surface area is 159 Å². The Morgan fingerprint density at radius 3 is 2.15 bits per heavy atom. The molecule has 0 rings (SSSR count). The van der Waals surface area contributed by atoms with Crippen molar-refractivity contribution in [3.05, 3.63) is 0 Å². The number of nitrogens with one attached hydrogen (secondary N) is 1. The molecule has 0 saturated heterocycles. The van der Waals surface area contributed by atoms with Gasteiger partial charge in [-0.15, -0.1) is 0 Å². The summed E-state index contributed by atoms with van der Waals surface area (Å²) >= 11 is 1.33. The van der Waals surface area contributed by atoms with Gasteiger partial charge in [0, 0.05) is 18.6 Å². The number of ether oxygens (including phenoxy) is 2. The first-order valence-corrected chi connectivity index (χ1v) is 9.36. The van der Waals surface area contributed by atoms with E-state index in [0.717, 1.165) is 18.7 Å². The lowest BCUT2D eigenvalue weighted by Gasteiger charge is -2.24. The molecule has 11 heteroatoms. The molecule has 0 spiro atoms. The van der Waals surface area contributed by atoms with Gasteiger partial charge in [0.25, 0.3) is 0 Å². The van der Waals surface area contributed by atoms with Gasteiger partial charge in [0.05, 0.1) is 4.75 Å². The average Bonchev–Trinajstić information content (AvgIpc) is 2.49. The topological polar surface area (TPSA) is 136 Å². The van der Waals surface area contributed by atoms with E-state index in [2.05, 4.69) is 14.8 Å². The Morgan fingerprint density at radius 1 is 1.12 bits per heavy atom. The SMILES string of the molecule is CC(=O)OCOC(=O)SC(C)(C)C(=O)N[C@@H](CSC(=O)C(C)C)C(=O)O. The number of hydrogen-bond donors (Lipinski definition) is 2. The summed E-state index contributed by atoms with van der Waals surface area (Å²) in [5.41, 5.74) is 0. The van der Waals surface area contributed by atoms with Crippen LogP contribution in [-0.2, 0) is 28.7 Å². The Bertz CT molecular complexity index is 562. The quantitative estimate of drug-likeness (QED) is 0.427. The highest BCUT2D eigenvalue weighted by molar-refractivity contribution is 8.15. The molecular weight excluding hydrogens is 386 g/mol. The molecule has 2 N–H and O–H groups in total. The van der Waals surface area contributed by atoms with Crippen LogP contribution in [0.2, 0.25) is 0 Å². The van der Waals surface area contributed by atoms with Crippen molar-refractivity contribution in [3.63, 3.8) is 0 Å². The number of aliphatic carboxylic acids is 1. The highest BCUT2D eigenvalue weighted by atomic mass is 32.2. The monoisotopic (exact) mass is 409 g/mol. The molecule has 1 amide bonds. The fraction of sp³-hybridized carbons (Fsp3) is 0.667. The minimum absolute atomic E-state index is 0.129. The third kappa shape index (κ3) is 9.66. The lowest BCUT2D eigenvalue weighted by Crippen LogP contribution is -2.50. The lowest BCUT2D eigenvalue weighted by atomic mass is 10.2. The smallest absolute Gasteiger partial charge is 0.371 e. The summed E-state index contributed by atoms with van der Waals surface area (Å²) in [4.78, 5) is 57.4. The van der Waals surface area contributed by atoms with Crippen molar-refractivity contribution in [2.45, 2.75) is 45.4 Å². The number of carboxylic acids is 1. The lowest BCUT2D eigenvalue weighted by molar-refractivity contribution is -0.148. The number of esters is 1. The summed E-state index contributed by atoms with van der Waals surface area (Å²) in [6.45, 7) is 6.75. The van der Waals surface area contributed by atoms with Crippen LogP contribution in [0.4, 0.5) is 4.79 Å². The van der Waals surface area contributed by atoms with E-state index in [9.17, 15) is 29.1 Å². The Morgan fingerprint density at radius 2 is 1.69 bits per heavy atom. The second kappa shape index (κ2) is 11.1. The van der Waals surface area contributed by atoms with Crippen molar-refractivity contribution in [3.8, 4) is 0 Å². The zero-order valence-corrected chi connectivity index (χ0v) is 16.8. The molecular formula is C15H23NO8S2. The highest BCUT2D eigenvalue weighted by Gasteiger charge is 2.35. The van der Waals surface area contributed by atoms with E-state index >= 15 is 0 Å². The molecule has 0 unspecified atom stereocenters. The largest absolute Gasteiger partial charge is 0.480 e. The maximum atomic E-state index is 12.3. The van der Waals surface area contributed by atoms with Crippen molar-refractivity contribution < 1.29 is 38.6 Å². The predicted octanol–water partition coefficient (Wildman–Crippen LogP) is 1.64. The summed E-state index contributed by atoms with van der Waals surface area (Å²) in [6, 6.07) is -1.29. The van der Waals surface area contributed by atoms with Gasteiger partial charge in [-0.2, -0.15) is 0 Å². The Hall–Kier alpha value is -1.75. The van der Waals surface area contributed by atoms with Crippen molar-refractivity contribution in [2.24, 2.45) is 5.92 Å². The zero-order valence-electron chi connectivity index (χ0n) is 15.2. The van der Waals surface area contributed by atoms with Crippen LogP contribution in [0.5, 0.6) is 0 Å². The van der Waals surface area contributed by atoms with Crippen LogP contribution >= 0.6 is 23.5 Å². The van der Waals surface area contributed by atoms with Gasteiger partial charge >= 0.3 is 17.2 Å². The molecule has 0 radical (unpaired) electrons. The van der Waals surface area contributed by atoms with Gasteiger partial charge in [-0.3, -0.25) is 14.4 Å². The van der Waals surface area contributed by atoms with Gasteiger partial charge in [-0.05, 0) is 25.6 Å². The van der Waals surface area contributed by atoms with E-state index in [1.54, 1.807) is 13.8 Å². The molecule has 0 saturated carbocycles. The van der Waals surface area contributed by atoms with Crippen LogP contribution < -0.4 is 5.32 Å². The van der Waals surface area contributed by atoms with E-state index in [1.807, 2.05) is 0 Å². The van der Waals surface area contributed by atoms with E-state index in [4.69, 9.17) is 0 Å². The molecule has 26 heavy (non-hydrogen) atoms. The molecule has 9 nitrogen and oxygen atoms in total. The molecule has 0 aromatic carbocycles. The number of carbonyl (C=O) groups is 5. The van der Waals surface area contributed by atoms with Gasteiger partial charge < -0.3 is 19.9 Å². The first kappa shape index (κ1) is 24.2. The summed E-state index contributed by atoms with van der Waals surface area (Å²) in [7, 11) is 0. The van der Waals surface area contributed by atoms with Crippen LogP contribution in [0.25, 0.3) is 0 Å². The maximum absolute atomic E-state index is 12.3. The van der Waals surface area contributed by atoms with Crippen LogP contribution in [-0.4, -0.2) is 56.7 Å².